The Bertz CT molecular complexity index is 1570. The number of hydrogen-bond acceptors (Lipinski definition) is 0. The van der Waals surface area contributed by atoms with Crippen molar-refractivity contribution in [2.24, 2.45) is 0 Å². The second kappa shape index (κ2) is 5.70. The van der Waals surface area contributed by atoms with Crippen LogP contribution in [0.1, 0.15) is 5.56 Å². The lowest BCUT2D eigenvalue weighted by Crippen LogP contribution is -1.90. The van der Waals surface area contributed by atoms with Gasteiger partial charge in [0, 0.05) is 15.8 Å². The van der Waals surface area contributed by atoms with E-state index in [0.29, 0.717) is 0 Å². The molecule has 0 atom stereocenters. The lowest BCUT2D eigenvalue weighted by atomic mass is 9.86. The highest BCUT2D eigenvalue weighted by Gasteiger charge is 2.17. The summed E-state index contributed by atoms with van der Waals surface area (Å²) in [6, 6.07) is 30.3. The number of hydrogen-bond donors (Lipinski definition) is 0. The van der Waals surface area contributed by atoms with Gasteiger partial charge in [0.1, 0.15) is 0 Å². The van der Waals surface area contributed by atoms with Crippen LogP contribution in [0, 0.1) is 6.92 Å². The average Bonchev–Trinajstić information content (AvgIpc) is 2.75. The van der Waals surface area contributed by atoms with E-state index in [9.17, 15) is 0 Å². The van der Waals surface area contributed by atoms with E-state index in [0.717, 1.165) is 10.4 Å². The van der Waals surface area contributed by atoms with Crippen molar-refractivity contribution in [1.82, 2.24) is 0 Å². The molecule has 28 heavy (non-hydrogen) atoms. The van der Waals surface area contributed by atoms with Crippen LogP contribution >= 0.6 is 11.6 Å². The Labute approximate surface area is 168 Å². The molecule has 0 fully saturated rings. The third-order valence-corrected chi connectivity index (χ3v) is 6.33. The largest absolute Gasteiger partial charge is 0.0836 e. The first-order chi connectivity index (χ1) is 13.8. The van der Waals surface area contributed by atoms with Crippen LogP contribution in [0.25, 0.3) is 53.9 Å². The fourth-order valence-electron chi connectivity index (χ4n) is 4.87. The molecule has 0 aliphatic heterocycles. The summed E-state index contributed by atoms with van der Waals surface area (Å²) >= 11 is 6.86. The Morgan fingerprint density at radius 2 is 0.857 bits per heavy atom. The maximum absolute atomic E-state index is 6.86. The Morgan fingerprint density at radius 1 is 0.429 bits per heavy atom. The first kappa shape index (κ1) is 15.9. The smallest absolute Gasteiger partial charge is 0.0491 e. The number of aryl methyl sites for hydroxylation is 1. The van der Waals surface area contributed by atoms with E-state index in [1.807, 2.05) is 6.07 Å². The fourth-order valence-corrected chi connectivity index (χ4v) is 5.12. The van der Waals surface area contributed by atoms with Crippen molar-refractivity contribution < 1.29 is 0 Å². The van der Waals surface area contributed by atoms with Gasteiger partial charge in [0.15, 0.2) is 0 Å². The molecule has 1 heteroatoms. The molecule has 0 saturated heterocycles. The lowest BCUT2D eigenvalue weighted by molar-refractivity contribution is 1.55. The van der Waals surface area contributed by atoms with Gasteiger partial charge in [0.25, 0.3) is 0 Å². The highest BCUT2D eigenvalue weighted by atomic mass is 35.5. The number of halogens is 1. The predicted molar refractivity (Wildman–Crippen MR) is 124 cm³/mol. The van der Waals surface area contributed by atoms with Crippen LogP contribution in [-0.4, -0.2) is 0 Å². The van der Waals surface area contributed by atoms with Crippen molar-refractivity contribution >= 4 is 65.5 Å². The normalized spacial score (nSPS) is 11.9. The van der Waals surface area contributed by atoms with Gasteiger partial charge in [0.2, 0.25) is 0 Å². The second-order valence-electron chi connectivity index (χ2n) is 7.50. The lowest BCUT2D eigenvalue weighted by Gasteiger charge is -2.18. The zero-order valence-electron chi connectivity index (χ0n) is 15.5. The zero-order valence-corrected chi connectivity index (χ0v) is 16.2. The quantitative estimate of drug-likeness (QED) is 0.233. The maximum atomic E-state index is 6.86. The van der Waals surface area contributed by atoms with Crippen molar-refractivity contribution in [3.63, 3.8) is 0 Å². The minimum absolute atomic E-state index is 0.816. The molecular weight excluding hydrogens is 360 g/mol. The monoisotopic (exact) mass is 376 g/mol. The molecule has 0 saturated carbocycles. The minimum atomic E-state index is 0.816. The van der Waals surface area contributed by atoms with Gasteiger partial charge in [-0.2, -0.15) is 0 Å². The van der Waals surface area contributed by atoms with Gasteiger partial charge >= 0.3 is 0 Å². The molecule has 6 aromatic carbocycles. The van der Waals surface area contributed by atoms with Crippen molar-refractivity contribution in [2.45, 2.75) is 6.92 Å². The van der Waals surface area contributed by atoms with Crippen LogP contribution < -0.4 is 0 Å². The molecule has 0 N–H and O–H groups in total. The molecule has 0 aliphatic carbocycles. The zero-order chi connectivity index (χ0) is 18.8. The Balaban J connectivity index is 2.16. The van der Waals surface area contributed by atoms with Crippen LogP contribution in [0.15, 0.2) is 84.9 Å². The molecule has 0 spiro atoms. The van der Waals surface area contributed by atoms with Gasteiger partial charge in [-0.1, -0.05) is 90.5 Å². The SMILES string of the molecule is Cc1ccc(Cl)c2c1c1ccccc1c1c3ccccc3c3ccccc3c21. The van der Waals surface area contributed by atoms with Crippen LogP contribution in [0.3, 0.4) is 0 Å². The summed E-state index contributed by atoms with van der Waals surface area (Å²) in [5.41, 5.74) is 1.26. The van der Waals surface area contributed by atoms with E-state index in [1.54, 1.807) is 0 Å². The van der Waals surface area contributed by atoms with Crippen LogP contribution in [0.4, 0.5) is 0 Å². The van der Waals surface area contributed by atoms with E-state index in [1.165, 1.54) is 54.0 Å². The molecular formula is C27H17Cl. The van der Waals surface area contributed by atoms with Crippen LogP contribution in [-0.2, 0) is 0 Å². The van der Waals surface area contributed by atoms with Gasteiger partial charge in [-0.3, -0.25) is 0 Å². The van der Waals surface area contributed by atoms with Crippen molar-refractivity contribution in [2.75, 3.05) is 0 Å². The third-order valence-electron chi connectivity index (χ3n) is 6.01. The third kappa shape index (κ3) is 1.96. The molecule has 0 aliphatic rings. The standard InChI is InChI=1S/C27H17Cl/c1-16-14-15-23(28)27-24(16)21-12-6-7-13-22(21)25-19-10-4-2-8-17(19)18-9-3-5-11-20(18)26(25)27/h2-15H,1H3. The van der Waals surface area contributed by atoms with Crippen LogP contribution in [0.2, 0.25) is 5.02 Å². The molecule has 0 heterocycles. The minimum Gasteiger partial charge on any atom is -0.0836 e. The average molecular weight is 377 g/mol. The second-order valence-corrected chi connectivity index (χ2v) is 7.91. The summed E-state index contributed by atoms with van der Waals surface area (Å²) in [7, 11) is 0. The van der Waals surface area contributed by atoms with E-state index >= 15 is 0 Å². The molecule has 6 aromatic rings. The van der Waals surface area contributed by atoms with Gasteiger partial charge in [-0.05, 0) is 61.6 Å². The number of fused-ring (bicyclic) bond motifs is 11. The number of benzene rings is 6. The van der Waals surface area contributed by atoms with Gasteiger partial charge in [-0.15, -0.1) is 0 Å². The van der Waals surface area contributed by atoms with Crippen molar-refractivity contribution in [3.05, 3.63) is 95.5 Å². The van der Waals surface area contributed by atoms with E-state index in [4.69, 9.17) is 11.6 Å². The molecule has 0 bridgehead atoms. The topological polar surface area (TPSA) is 0 Å². The highest BCUT2D eigenvalue weighted by molar-refractivity contribution is 6.46. The van der Waals surface area contributed by atoms with E-state index in [2.05, 4.69) is 85.8 Å². The fraction of sp³-hybridized carbons (Fsp3) is 0.0370. The van der Waals surface area contributed by atoms with Gasteiger partial charge in [-0.25, -0.2) is 0 Å². The summed E-state index contributed by atoms with van der Waals surface area (Å²) in [4.78, 5) is 0. The first-order valence-electron chi connectivity index (χ1n) is 9.58. The summed E-state index contributed by atoms with van der Waals surface area (Å²) in [6.07, 6.45) is 0. The molecule has 132 valence electrons. The predicted octanol–water partition coefficient (Wildman–Crippen LogP) is 8.41. The molecule has 0 unspecified atom stereocenters. The summed E-state index contributed by atoms with van der Waals surface area (Å²) in [5.74, 6) is 0. The van der Waals surface area contributed by atoms with E-state index in [-0.39, 0.29) is 0 Å². The maximum Gasteiger partial charge on any atom is 0.0491 e. The Kier molecular flexibility index (Phi) is 3.24. The van der Waals surface area contributed by atoms with Gasteiger partial charge < -0.3 is 0 Å². The summed E-state index contributed by atoms with van der Waals surface area (Å²) in [5, 5.41) is 13.5. The molecule has 0 amide bonds. The summed E-state index contributed by atoms with van der Waals surface area (Å²) < 4.78 is 0. The van der Waals surface area contributed by atoms with Crippen molar-refractivity contribution in [1.29, 1.82) is 0 Å². The number of rotatable bonds is 0. The van der Waals surface area contributed by atoms with E-state index < -0.39 is 0 Å². The Morgan fingerprint density at radius 3 is 1.43 bits per heavy atom. The summed E-state index contributed by atoms with van der Waals surface area (Å²) in [6.45, 7) is 2.18. The van der Waals surface area contributed by atoms with Crippen LogP contribution in [0.5, 0.6) is 0 Å². The molecule has 6 rings (SSSR count). The molecule has 0 aromatic heterocycles. The van der Waals surface area contributed by atoms with Crippen molar-refractivity contribution in [3.8, 4) is 0 Å². The van der Waals surface area contributed by atoms with Gasteiger partial charge in [0.05, 0.1) is 0 Å². The first-order valence-corrected chi connectivity index (χ1v) is 9.96. The molecule has 0 nitrogen and oxygen atoms in total. The highest BCUT2D eigenvalue weighted by Crippen LogP contribution is 2.46. The Hall–Kier alpha value is -3.09. The molecule has 0 radical (unpaired) electrons.